The molecule has 2 N–H and O–H groups in total. The third-order valence-corrected chi connectivity index (χ3v) is 2.49. The fourth-order valence-electron chi connectivity index (χ4n) is 1.61. The van der Waals surface area contributed by atoms with E-state index in [-0.39, 0.29) is 11.5 Å². The van der Waals surface area contributed by atoms with Gasteiger partial charge in [0.15, 0.2) is 11.5 Å². The van der Waals surface area contributed by atoms with Gasteiger partial charge >= 0.3 is 5.97 Å². The number of nitrogen functional groups attached to an aromatic ring is 1. The minimum atomic E-state index is -0.561. The first kappa shape index (κ1) is 12.1. The highest BCUT2D eigenvalue weighted by Crippen LogP contribution is 2.17. The molecule has 0 saturated heterocycles. The highest BCUT2D eigenvalue weighted by Gasteiger charge is 2.21. The quantitative estimate of drug-likeness (QED) is 0.775. The minimum Gasteiger partial charge on any atom is -0.464 e. The number of rotatable bonds is 4. The van der Waals surface area contributed by atoms with Gasteiger partial charge in [0.25, 0.3) is 0 Å². The average molecular weight is 251 g/mol. The number of ether oxygens (including phenoxy) is 1. The van der Waals surface area contributed by atoms with E-state index in [9.17, 15) is 4.79 Å². The zero-order chi connectivity index (χ0) is 13.1. The first-order valence-electron chi connectivity index (χ1n) is 5.35. The summed E-state index contributed by atoms with van der Waals surface area (Å²) in [4.78, 5) is 19.6. The molecule has 0 fully saturated rings. The van der Waals surface area contributed by atoms with Crippen molar-refractivity contribution >= 4 is 11.8 Å². The van der Waals surface area contributed by atoms with Crippen molar-refractivity contribution in [3.63, 3.8) is 0 Å². The maximum Gasteiger partial charge on any atom is 0.360 e. The Balaban J connectivity index is 2.39. The lowest BCUT2D eigenvalue weighted by Crippen LogP contribution is -2.10. The van der Waals surface area contributed by atoms with E-state index in [1.54, 1.807) is 4.57 Å². The van der Waals surface area contributed by atoms with Gasteiger partial charge in [-0.3, -0.25) is 0 Å². The molecular formula is C10H13N5O3. The van der Waals surface area contributed by atoms with Crippen molar-refractivity contribution in [2.45, 2.75) is 19.9 Å². The Morgan fingerprint density at radius 2 is 2.39 bits per heavy atom. The zero-order valence-corrected chi connectivity index (χ0v) is 10.1. The van der Waals surface area contributed by atoms with Gasteiger partial charge in [-0.05, 0) is 0 Å². The summed E-state index contributed by atoms with van der Waals surface area (Å²) in [5.74, 6) is 0.806. The van der Waals surface area contributed by atoms with Crippen molar-refractivity contribution in [2.75, 3.05) is 12.8 Å². The molecule has 0 unspecified atom stereocenters. The molecule has 0 spiro atoms. The second kappa shape index (κ2) is 4.86. The van der Waals surface area contributed by atoms with E-state index < -0.39 is 5.97 Å². The van der Waals surface area contributed by atoms with Gasteiger partial charge in [-0.2, -0.15) is 4.98 Å². The molecule has 18 heavy (non-hydrogen) atoms. The molecule has 0 aliphatic heterocycles. The number of hydrogen-bond donors (Lipinski definition) is 1. The molecule has 8 nitrogen and oxygen atoms in total. The lowest BCUT2D eigenvalue weighted by Gasteiger charge is -2.05. The fourth-order valence-corrected chi connectivity index (χ4v) is 1.61. The van der Waals surface area contributed by atoms with E-state index in [1.807, 2.05) is 6.92 Å². The Morgan fingerprint density at radius 1 is 1.61 bits per heavy atom. The number of aryl methyl sites for hydroxylation is 1. The number of anilines is 1. The summed E-state index contributed by atoms with van der Waals surface area (Å²) in [5.41, 5.74) is 6.00. The molecule has 0 aliphatic carbocycles. The molecule has 0 atom stereocenters. The number of carbonyl (C=O) groups is 1. The summed E-state index contributed by atoms with van der Waals surface area (Å²) >= 11 is 0. The van der Waals surface area contributed by atoms with Crippen LogP contribution in [0.15, 0.2) is 10.9 Å². The Hall–Kier alpha value is -2.38. The van der Waals surface area contributed by atoms with E-state index in [4.69, 9.17) is 5.73 Å². The third kappa shape index (κ3) is 2.04. The number of aromatic nitrogens is 4. The van der Waals surface area contributed by atoms with Crippen LogP contribution in [-0.4, -0.2) is 32.8 Å². The maximum absolute atomic E-state index is 11.5. The van der Waals surface area contributed by atoms with E-state index >= 15 is 0 Å². The van der Waals surface area contributed by atoms with Crippen LogP contribution >= 0.6 is 0 Å². The van der Waals surface area contributed by atoms with Crippen LogP contribution in [0.5, 0.6) is 0 Å². The number of nitrogens with two attached hydrogens (primary N) is 1. The fraction of sp³-hybridized carbons (Fsp3) is 0.400. The van der Waals surface area contributed by atoms with Gasteiger partial charge in [-0.1, -0.05) is 12.1 Å². The van der Waals surface area contributed by atoms with Gasteiger partial charge in [0.05, 0.1) is 13.7 Å². The van der Waals surface area contributed by atoms with Crippen LogP contribution in [-0.2, 0) is 17.7 Å². The SMILES string of the molecule is CCc1nc(C(=O)OC)c(N)n1Cc1ncon1. The topological polar surface area (TPSA) is 109 Å². The molecule has 8 heteroatoms. The predicted octanol–water partition coefficient (Wildman–Crippen LogP) is 0.246. The molecule has 0 aromatic carbocycles. The van der Waals surface area contributed by atoms with Gasteiger partial charge in [-0.15, -0.1) is 0 Å². The molecule has 2 aromatic rings. The van der Waals surface area contributed by atoms with Crippen LogP contribution in [0.3, 0.4) is 0 Å². The summed E-state index contributed by atoms with van der Waals surface area (Å²) in [6.07, 6.45) is 1.86. The number of nitrogens with zero attached hydrogens (tertiary/aromatic N) is 4. The molecule has 0 bridgehead atoms. The van der Waals surface area contributed by atoms with Crippen molar-refractivity contribution in [1.82, 2.24) is 19.7 Å². The monoisotopic (exact) mass is 251 g/mol. The third-order valence-electron chi connectivity index (χ3n) is 2.49. The van der Waals surface area contributed by atoms with Crippen molar-refractivity contribution in [1.29, 1.82) is 0 Å². The number of esters is 1. The van der Waals surface area contributed by atoms with E-state index in [0.29, 0.717) is 24.6 Å². The minimum absolute atomic E-state index is 0.109. The maximum atomic E-state index is 11.5. The van der Waals surface area contributed by atoms with Crippen molar-refractivity contribution in [3.05, 3.63) is 23.7 Å². The van der Waals surface area contributed by atoms with Crippen LogP contribution in [0.25, 0.3) is 0 Å². The van der Waals surface area contributed by atoms with E-state index in [2.05, 4.69) is 24.4 Å². The summed E-state index contributed by atoms with van der Waals surface area (Å²) in [6, 6.07) is 0. The Morgan fingerprint density at radius 3 is 2.94 bits per heavy atom. The zero-order valence-electron chi connectivity index (χ0n) is 10.1. The molecule has 0 radical (unpaired) electrons. The molecular weight excluding hydrogens is 238 g/mol. The van der Waals surface area contributed by atoms with Crippen LogP contribution in [0.4, 0.5) is 5.82 Å². The molecule has 2 heterocycles. The van der Waals surface area contributed by atoms with Gasteiger partial charge in [-0.25, -0.2) is 9.78 Å². The highest BCUT2D eigenvalue weighted by molar-refractivity contribution is 5.92. The first-order chi connectivity index (χ1) is 8.67. The molecule has 0 aliphatic rings. The first-order valence-corrected chi connectivity index (χ1v) is 5.35. The predicted molar refractivity (Wildman–Crippen MR) is 60.8 cm³/mol. The lowest BCUT2D eigenvalue weighted by molar-refractivity contribution is 0.0595. The Kier molecular flexibility index (Phi) is 3.26. The standard InChI is InChI=1S/C10H13N5O3/c1-3-7-13-8(10(16)17-2)9(11)15(7)4-6-12-5-18-14-6/h5H,3-4,11H2,1-2H3. The number of imidazole rings is 1. The van der Waals surface area contributed by atoms with E-state index in [0.717, 1.165) is 0 Å². The highest BCUT2D eigenvalue weighted by atomic mass is 16.5. The molecule has 2 rings (SSSR count). The summed E-state index contributed by atoms with van der Waals surface area (Å²) in [7, 11) is 1.28. The number of methoxy groups -OCH3 is 1. The van der Waals surface area contributed by atoms with Gasteiger partial charge in [0, 0.05) is 6.42 Å². The smallest absolute Gasteiger partial charge is 0.360 e. The van der Waals surface area contributed by atoms with Crippen LogP contribution in [0.2, 0.25) is 0 Å². The van der Waals surface area contributed by atoms with E-state index in [1.165, 1.54) is 13.5 Å². The second-order valence-corrected chi connectivity index (χ2v) is 3.54. The second-order valence-electron chi connectivity index (χ2n) is 3.54. The Labute approximate surface area is 103 Å². The van der Waals surface area contributed by atoms with Crippen molar-refractivity contribution in [2.24, 2.45) is 0 Å². The normalized spacial score (nSPS) is 10.6. The van der Waals surface area contributed by atoms with Crippen LogP contribution in [0, 0.1) is 0 Å². The average Bonchev–Trinajstić information content (AvgIpc) is 2.99. The van der Waals surface area contributed by atoms with Crippen molar-refractivity contribution in [3.8, 4) is 0 Å². The largest absolute Gasteiger partial charge is 0.464 e. The summed E-state index contributed by atoms with van der Waals surface area (Å²) in [5, 5.41) is 3.70. The van der Waals surface area contributed by atoms with Crippen LogP contribution < -0.4 is 5.73 Å². The number of hydrogen-bond acceptors (Lipinski definition) is 7. The van der Waals surface area contributed by atoms with Gasteiger partial charge in [0.2, 0.25) is 6.39 Å². The Bertz CT molecular complexity index is 546. The van der Waals surface area contributed by atoms with Crippen LogP contribution in [0.1, 0.15) is 29.1 Å². The molecule has 0 amide bonds. The lowest BCUT2D eigenvalue weighted by atomic mass is 10.4. The molecule has 96 valence electrons. The molecule has 0 saturated carbocycles. The van der Waals surface area contributed by atoms with Gasteiger partial charge in [0.1, 0.15) is 11.6 Å². The molecule has 2 aromatic heterocycles. The van der Waals surface area contributed by atoms with Crippen molar-refractivity contribution < 1.29 is 14.1 Å². The van der Waals surface area contributed by atoms with Gasteiger partial charge < -0.3 is 19.6 Å². The number of carbonyl (C=O) groups excluding carboxylic acids is 1. The summed E-state index contributed by atoms with van der Waals surface area (Å²) in [6.45, 7) is 2.21. The summed E-state index contributed by atoms with van der Waals surface area (Å²) < 4.78 is 10.9.